The van der Waals surface area contributed by atoms with Crippen molar-refractivity contribution in [3.63, 3.8) is 0 Å². The number of benzene rings is 2. The number of hydrogen-bond donors (Lipinski definition) is 2. The molecule has 1 amide bonds. The maximum Gasteiger partial charge on any atom is 0.416 e. The minimum Gasteiger partial charge on any atom is -0.480 e. The number of aryl methyl sites for hydroxylation is 1. The van der Waals surface area contributed by atoms with E-state index in [2.05, 4.69) is 5.32 Å². The molecular weight excluding hydrogens is 335 g/mol. The number of halogens is 3. The topological polar surface area (TPSA) is 66.4 Å². The Morgan fingerprint density at radius 1 is 1.04 bits per heavy atom. The van der Waals surface area contributed by atoms with Crippen LogP contribution in [0, 0.1) is 6.92 Å². The monoisotopic (exact) mass is 351 g/mol. The number of rotatable bonds is 5. The van der Waals surface area contributed by atoms with E-state index in [1.807, 2.05) is 19.1 Å². The lowest BCUT2D eigenvalue weighted by Crippen LogP contribution is -2.42. The molecule has 132 valence electrons. The average molecular weight is 351 g/mol. The van der Waals surface area contributed by atoms with Crippen LogP contribution in [0.4, 0.5) is 13.2 Å². The van der Waals surface area contributed by atoms with Gasteiger partial charge in [0, 0.05) is 12.0 Å². The molecule has 0 unspecified atom stereocenters. The molecule has 0 fully saturated rings. The summed E-state index contributed by atoms with van der Waals surface area (Å²) in [6.45, 7) is 1.89. The van der Waals surface area contributed by atoms with E-state index in [9.17, 15) is 27.9 Å². The van der Waals surface area contributed by atoms with E-state index in [4.69, 9.17) is 0 Å². The number of carboxylic acids is 1. The molecule has 25 heavy (non-hydrogen) atoms. The molecule has 0 heterocycles. The molecule has 4 nitrogen and oxygen atoms in total. The van der Waals surface area contributed by atoms with Crippen molar-refractivity contribution in [3.05, 3.63) is 70.8 Å². The molecular formula is C18H16F3NO3. The van der Waals surface area contributed by atoms with Gasteiger partial charge in [0.1, 0.15) is 6.04 Å². The van der Waals surface area contributed by atoms with Crippen LogP contribution in [-0.2, 0) is 17.4 Å². The van der Waals surface area contributed by atoms with Crippen molar-refractivity contribution >= 4 is 11.9 Å². The lowest BCUT2D eigenvalue weighted by Gasteiger charge is -2.15. The van der Waals surface area contributed by atoms with Gasteiger partial charge in [-0.2, -0.15) is 13.2 Å². The summed E-state index contributed by atoms with van der Waals surface area (Å²) in [5.74, 6) is -1.96. The molecule has 1 atom stereocenters. The second kappa shape index (κ2) is 7.38. The Kier molecular flexibility index (Phi) is 5.46. The van der Waals surface area contributed by atoms with Gasteiger partial charge in [-0.05, 0) is 36.8 Å². The lowest BCUT2D eigenvalue weighted by molar-refractivity contribution is -0.139. The van der Waals surface area contributed by atoms with E-state index in [0.717, 1.165) is 35.4 Å². The average Bonchev–Trinajstić information content (AvgIpc) is 2.55. The first kappa shape index (κ1) is 18.5. The molecule has 0 saturated carbocycles. The quantitative estimate of drug-likeness (QED) is 0.867. The van der Waals surface area contributed by atoms with E-state index in [0.29, 0.717) is 0 Å². The predicted molar refractivity (Wildman–Crippen MR) is 85.2 cm³/mol. The van der Waals surface area contributed by atoms with Gasteiger partial charge >= 0.3 is 12.1 Å². The Labute approximate surface area is 142 Å². The van der Waals surface area contributed by atoms with Crippen LogP contribution in [0.3, 0.4) is 0 Å². The van der Waals surface area contributed by atoms with Crippen molar-refractivity contribution in [1.82, 2.24) is 5.32 Å². The molecule has 2 N–H and O–H groups in total. The summed E-state index contributed by atoms with van der Waals surface area (Å²) in [4.78, 5) is 23.5. The first-order chi connectivity index (χ1) is 11.7. The Bertz CT molecular complexity index is 753. The van der Waals surface area contributed by atoms with Crippen LogP contribution >= 0.6 is 0 Å². The minimum atomic E-state index is -4.50. The third-order valence-corrected chi connectivity index (χ3v) is 3.64. The van der Waals surface area contributed by atoms with E-state index in [-0.39, 0.29) is 12.0 Å². The van der Waals surface area contributed by atoms with Gasteiger partial charge in [-0.3, -0.25) is 4.79 Å². The fourth-order valence-corrected chi connectivity index (χ4v) is 2.21. The number of alkyl halides is 3. The molecule has 0 aliphatic heterocycles. The van der Waals surface area contributed by atoms with E-state index in [1.165, 1.54) is 0 Å². The number of carbonyl (C=O) groups is 2. The van der Waals surface area contributed by atoms with Gasteiger partial charge in [0.2, 0.25) is 0 Å². The van der Waals surface area contributed by atoms with Gasteiger partial charge in [-0.25, -0.2) is 4.79 Å². The molecule has 2 aromatic rings. The molecule has 0 aliphatic rings. The third kappa shape index (κ3) is 5.07. The fourth-order valence-electron chi connectivity index (χ4n) is 2.21. The van der Waals surface area contributed by atoms with Crippen molar-refractivity contribution in [1.29, 1.82) is 0 Å². The predicted octanol–water partition coefficient (Wildman–Crippen LogP) is 3.44. The van der Waals surface area contributed by atoms with E-state index in [1.54, 1.807) is 12.1 Å². The molecule has 7 heteroatoms. The minimum absolute atomic E-state index is 0.0387. The maximum absolute atomic E-state index is 12.5. The van der Waals surface area contributed by atoms with Gasteiger partial charge in [-0.1, -0.05) is 29.8 Å². The fraction of sp³-hybridized carbons (Fsp3) is 0.222. The summed E-state index contributed by atoms with van der Waals surface area (Å²) in [6.07, 6.45) is -4.42. The maximum atomic E-state index is 12.5. The smallest absolute Gasteiger partial charge is 0.416 e. The number of nitrogens with one attached hydrogen (secondary N) is 1. The molecule has 2 aromatic carbocycles. The molecule has 2 rings (SSSR count). The number of aliphatic carboxylic acids is 1. The zero-order valence-electron chi connectivity index (χ0n) is 13.3. The zero-order chi connectivity index (χ0) is 18.6. The summed E-state index contributed by atoms with van der Waals surface area (Å²) >= 11 is 0. The molecule has 0 radical (unpaired) electrons. The van der Waals surface area contributed by atoms with Gasteiger partial charge < -0.3 is 10.4 Å². The Morgan fingerprint density at radius 2 is 1.60 bits per heavy atom. The van der Waals surface area contributed by atoms with Crippen molar-refractivity contribution in [3.8, 4) is 0 Å². The van der Waals surface area contributed by atoms with Crippen LogP contribution < -0.4 is 5.32 Å². The number of carbonyl (C=O) groups excluding carboxylic acids is 1. The van der Waals surface area contributed by atoms with Crippen LogP contribution in [0.5, 0.6) is 0 Å². The number of carboxylic acid groups (broad SMARTS) is 1. The first-order valence-corrected chi connectivity index (χ1v) is 7.43. The highest BCUT2D eigenvalue weighted by Crippen LogP contribution is 2.29. The van der Waals surface area contributed by atoms with Crippen LogP contribution in [0.15, 0.2) is 48.5 Å². The van der Waals surface area contributed by atoms with Crippen LogP contribution in [0.1, 0.15) is 27.0 Å². The highest BCUT2D eigenvalue weighted by atomic mass is 19.4. The van der Waals surface area contributed by atoms with E-state index >= 15 is 0 Å². The van der Waals surface area contributed by atoms with Gasteiger partial charge in [-0.15, -0.1) is 0 Å². The third-order valence-electron chi connectivity index (χ3n) is 3.64. The largest absolute Gasteiger partial charge is 0.480 e. The molecule has 0 saturated heterocycles. The summed E-state index contributed by atoms with van der Waals surface area (Å²) < 4.78 is 37.6. The van der Waals surface area contributed by atoms with E-state index < -0.39 is 29.7 Å². The Hall–Kier alpha value is -2.83. The standard InChI is InChI=1S/C18H16F3NO3/c1-11-2-4-12(5-3-11)10-15(17(24)25)22-16(23)13-6-8-14(9-7-13)18(19,20)21/h2-9,15H,10H2,1H3,(H,22,23)(H,24,25)/t15-/m1/s1. The van der Waals surface area contributed by atoms with Crippen LogP contribution in [-0.4, -0.2) is 23.0 Å². The summed E-state index contributed by atoms with van der Waals surface area (Å²) in [6, 6.07) is 9.59. The van der Waals surface area contributed by atoms with Gasteiger partial charge in [0.25, 0.3) is 5.91 Å². The van der Waals surface area contributed by atoms with Crippen molar-refractivity contribution in [2.45, 2.75) is 25.6 Å². The molecule has 0 spiro atoms. The summed E-state index contributed by atoms with van der Waals surface area (Å²) in [5, 5.41) is 11.6. The van der Waals surface area contributed by atoms with Crippen molar-refractivity contribution in [2.75, 3.05) is 0 Å². The highest BCUT2D eigenvalue weighted by Gasteiger charge is 2.30. The molecule has 0 aromatic heterocycles. The number of amides is 1. The van der Waals surface area contributed by atoms with Gasteiger partial charge in [0.15, 0.2) is 0 Å². The van der Waals surface area contributed by atoms with Crippen molar-refractivity contribution in [2.24, 2.45) is 0 Å². The normalized spacial score (nSPS) is 12.5. The Balaban J connectivity index is 2.09. The summed E-state index contributed by atoms with van der Waals surface area (Å²) in [7, 11) is 0. The first-order valence-electron chi connectivity index (χ1n) is 7.43. The van der Waals surface area contributed by atoms with Gasteiger partial charge in [0.05, 0.1) is 5.56 Å². The van der Waals surface area contributed by atoms with Crippen LogP contribution in [0.2, 0.25) is 0 Å². The Morgan fingerprint density at radius 3 is 2.08 bits per heavy atom. The van der Waals surface area contributed by atoms with Crippen molar-refractivity contribution < 1.29 is 27.9 Å². The molecule has 0 aliphatic carbocycles. The zero-order valence-corrected chi connectivity index (χ0v) is 13.3. The summed E-state index contributed by atoms with van der Waals surface area (Å²) in [5.41, 5.74) is 0.830. The second-order valence-electron chi connectivity index (χ2n) is 5.63. The lowest BCUT2D eigenvalue weighted by atomic mass is 10.0. The highest BCUT2D eigenvalue weighted by molar-refractivity contribution is 5.96. The SMILES string of the molecule is Cc1ccc(C[C@@H](NC(=O)c2ccc(C(F)(F)F)cc2)C(=O)O)cc1. The van der Waals surface area contributed by atoms with Crippen LogP contribution in [0.25, 0.3) is 0 Å². The molecule has 0 bridgehead atoms. The number of hydrogen-bond acceptors (Lipinski definition) is 2. The second-order valence-corrected chi connectivity index (χ2v) is 5.63.